The van der Waals surface area contributed by atoms with E-state index in [1.807, 2.05) is 42.5 Å². The van der Waals surface area contributed by atoms with Crippen molar-refractivity contribution in [3.63, 3.8) is 0 Å². The highest BCUT2D eigenvalue weighted by atomic mass is 32.2. The second kappa shape index (κ2) is 8.27. The Labute approximate surface area is 153 Å². The van der Waals surface area contributed by atoms with Crippen molar-refractivity contribution >= 4 is 10.0 Å². The molecule has 26 heavy (non-hydrogen) atoms. The van der Waals surface area contributed by atoms with Crippen molar-refractivity contribution in [2.75, 3.05) is 6.54 Å². The van der Waals surface area contributed by atoms with E-state index in [1.54, 1.807) is 0 Å². The first kappa shape index (κ1) is 18.3. The van der Waals surface area contributed by atoms with E-state index in [0.717, 1.165) is 17.5 Å². The molecule has 3 rings (SSSR count). The fraction of sp³-hybridized carbons (Fsp3) is 0.211. The van der Waals surface area contributed by atoms with Crippen molar-refractivity contribution in [3.05, 3.63) is 83.7 Å². The fourth-order valence-corrected chi connectivity index (χ4v) is 3.76. The average molecular weight is 370 g/mol. The number of aromatic nitrogens is 2. The molecule has 1 aromatic heterocycles. The van der Waals surface area contributed by atoms with Crippen molar-refractivity contribution in [2.24, 2.45) is 5.73 Å². The van der Waals surface area contributed by atoms with Crippen LogP contribution in [-0.2, 0) is 23.0 Å². The van der Waals surface area contributed by atoms with Crippen LogP contribution in [0.4, 0.5) is 0 Å². The van der Waals surface area contributed by atoms with Gasteiger partial charge in [0, 0.05) is 18.7 Å². The van der Waals surface area contributed by atoms with Crippen LogP contribution in [0.3, 0.4) is 0 Å². The van der Waals surface area contributed by atoms with Gasteiger partial charge in [0.15, 0.2) is 0 Å². The lowest BCUT2D eigenvalue weighted by Crippen LogP contribution is -2.23. The molecule has 1 atom stereocenters. The molecule has 1 unspecified atom stereocenters. The van der Waals surface area contributed by atoms with Gasteiger partial charge in [0.25, 0.3) is 0 Å². The summed E-state index contributed by atoms with van der Waals surface area (Å²) in [7, 11) is -3.57. The molecule has 0 aliphatic rings. The number of hydrogen-bond donors (Lipinski definition) is 3. The van der Waals surface area contributed by atoms with E-state index in [9.17, 15) is 8.42 Å². The molecule has 0 saturated heterocycles. The van der Waals surface area contributed by atoms with E-state index < -0.39 is 10.0 Å². The maximum absolute atomic E-state index is 12.2. The normalized spacial score (nSPS) is 12.8. The van der Waals surface area contributed by atoms with Crippen molar-refractivity contribution in [1.29, 1.82) is 0 Å². The number of nitrogens with one attached hydrogen (secondary N) is 2. The van der Waals surface area contributed by atoms with E-state index in [-0.39, 0.29) is 17.4 Å². The second-order valence-electron chi connectivity index (χ2n) is 6.13. The maximum atomic E-state index is 12.2. The number of nitrogens with two attached hydrogens (primary N) is 1. The van der Waals surface area contributed by atoms with Gasteiger partial charge in [-0.05, 0) is 29.7 Å². The number of H-pyrrole nitrogens is 1. The number of sulfonamides is 1. The Morgan fingerprint density at radius 1 is 1.08 bits per heavy atom. The fourth-order valence-electron chi connectivity index (χ4n) is 2.84. The molecule has 0 radical (unpaired) electrons. The van der Waals surface area contributed by atoms with Crippen molar-refractivity contribution in [2.45, 2.75) is 23.8 Å². The molecule has 136 valence electrons. The van der Waals surface area contributed by atoms with Crippen LogP contribution in [0.15, 0.2) is 71.9 Å². The first-order valence-corrected chi connectivity index (χ1v) is 9.88. The minimum Gasteiger partial charge on any atom is -0.330 e. The van der Waals surface area contributed by atoms with Crippen LogP contribution in [0.1, 0.15) is 22.6 Å². The molecule has 0 amide bonds. The zero-order chi connectivity index (χ0) is 18.4. The maximum Gasteiger partial charge on any atom is 0.243 e. The highest BCUT2D eigenvalue weighted by Crippen LogP contribution is 2.21. The Morgan fingerprint density at radius 3 is 2.54 bits per heavy atom. The molecule has 0 aliphatic heterocycles. The lowest BCUT2D eigenvalue weighted by Gasteiger charge is -2.16. The molecule has 1 heterocycles. The van der Waals surface area contributed by atoms with Crippen LogP contribution in [0, 0.1) is 0 Å². The molecule has 0 fully saturated rings. The SMILES string of the molecule is NCC(Cc1ccccc1)c1cccc(CNS(=O)(=O)c2cn[nH]c2)c1. The number of aromatic amines is 1. The first-order chi connectivity index (χ1) is 12.6. The quantitative estimate of drug-likeness (QED) is 0.566. The van der Waals surface area contributed by atoms with Gasteiger partial charge in [-0.2, -0.15) is 5.10 Å². The average Bonchev–Trinajstić information content (AvgIpc) is 3.21. The predicted octanol–water partition coefficient (Wildman–Crippen LogP) is 2.17. The minimum atomic E-state index is -3.57. The summed E-state index contributed by atoms with van der Waals surface area (Å²) in [5.41, 5.74) is 9.22. The summed E-state index contributed by atoms with van der Waals surface area (Å²) < 4.78 is 27.0. The van der Waals surface area contributed by atoms with Gasteiger partial charge in [0.2, 0.25) is 10.0 Å². The lowest BCUT2D eigenvalue weighted by molar-refractivity contribution is 0.581. The Kier molecular flexibility index (Phi) is 5.82. The smallest absolute Gasteiger partial charge is 0.243 e. The summed E-state index contributed by atoms with van der Waals surface area (Å²) >= 11 is 0. The lowest BCUT2D eigenvalue weighted by atomic mass is 9.91. The Balaban J connectivity index is 1.71. The molecular formula is C19H22N4O2S. The molecule has 7 heteroatoms. The van der Waals surface area contributed by atoms with E-state index in [2.05, 4.69) is 27.1 Å². The van der Waals surface area contributed by atoms with Gasteiger partial charge in [0.05, 0.1) is 6.20 Å². The number of benzene rings is 2. The van der Waals surface area contributed by atoms with Crippen LogP contribution in [-0.4, -0.2) is 25.2 Å². The monoisotopic (exact) mass is 370 g/mol. The summed E-state index contributed by atoms with van der Waals surface area (Å²) in [5, 5.41) is 6.18. The molecule has 3 aromatic rings. The molecule has 0 saturated carbocycles. The Morgan fingerprint density at radius 2 is 1.85 bits per heavy atom. The van der Waals surface area contributed by atoms with Crippen LogP contribution in [0.2, 0.25) is 0 Å². The van der Waals surface area contributed by atoms with Crippen molar-refractivity contribution in [1.82, 2.24) is 14.9 Å². The van der Waals surface area contributed by atoms with Gasteiger partial charge in [-0.1, -0.05) is 54.6 Å². The van der Waals surface area contributed by atoms with Crippen molar-refractivity contribution < 1.29 is 8.42 Å². The van der Waals surface area contributed by atoms with Crippen LogP contribution >= 0.6 is 0 Å². The highest BCUT2D eigenvalue weighted by molar-refractivity contribution is 7.89. The van der Waals surface area contributed by atoms with E-state index >= 15 is 0 Å². The third-order valence-electron chi connectivity index (χ3n) is 4.28. The minimum absolute atomic E-state index is 0.123. The number of rotatable bonds is 8. The van der Waals surface area contributed by atoms with E-state index in [0.29, 0.717) is 6.54 Å². The standard InChI is InChI=1S/C19H22N4O2S/c20-11-18(9-15-5-2-1-3-6-15)17-8-4-7-16(10-17)12-23-26(24,25)19-13-21-22-14-19/h1-8,10,13-14,18,23H,9,11-12,20H2,(H,21,22). The van der Waals surface area contributed by atoms with Crippen LogP contribution in [0.25, 0.3) is 0 Å². The Bertz CT molecular complexity index is 925. The third kappa shape index (κ3) is 4.57. The zero-order valence-corrected chi connectivity index (χ0v) is 15.1. The summed E-state index contributed by atoms with van der Waals surface area (Å²) in [6.45, 7) is 0.739. The highest BCUT2D eigenvalue weighted by Gasteiger charge is 2.15. The van der Waals surface area contributed by atoms with Crippen LogP contribution in [0.5, 0.6) is 0 Å². The molecular weight excluding hydrogens is 348 g/mol. The van der Waals surface area contributed by atoms with E-state index in [1.165, 1.54) is 18.0 Å². The molecule has 0 aliphatic carbocycles. The van der Waals surface area contributed by atoms with E-state index in [4.69, 9.17) is 5.73 Å². The van der Waals surface area contributed by atoms with Gasteiger partial charge in [-0.25, -0.2) is 13.1 Å². The molecule has 0 spiro atoms. The largest absolute Gasteiger partial charge is 0.330 e. The zero-order valence-electron chi connectivity index (χ0n) is 14.3. The Hall–Kier alpha value is -2.48. The third-order valence-corrected chi connectivity index (χ3v) is 5.65. The summed E-state index contributed by atoms with van der Waals surface area (Å²) in [6, 6.07) is 18.1. The summed E-state index contributed by atoms with van der Waals surface area (Å²) in [5.74, 6) is 0.183. The molecule has 2 aromatic carbocycles. The molecule has 4 N–H and O–H groups in total. The topological polar surface area (TPSA) is 101 Å². The van der Waals surface area contributed by atoms with Gasteiger partial charge in [-0.15, -0.1) is 0 Å². The number of nitrogens with zero attached hydrogens (tertiary/aromatic N) is 1. The summed E-state index contributed by atoms with van der Waals surface area (Å²) in [6.07, 6.45) is 3.48. The first-order valence-electron chi connectivity index (χ1n) is 8.40. The van der Waals surface area contributed by atoms with Gasteiger partial charge in [-0.3, -0.25) is 5.10 Å². The number of hydrogen-bond acceptors (Lipinski definition) is 4. The summed E-state index contributed by atoms with van der Waals surface area (Å²) in [4.78, 5) is 0.123. The van der Waals surface area contributed by atoms with Gasteiger partial charge < -0.3 is 5.73 Å². The van der Waals surface area contributed by atoms with Crippen molar-refractivity contribution in [3.8, 4) is 0 Å². The van der Waals surface area contributed by atoms with Gasteiger partial charge in [0.1, 0.15) is 4.90 Å². The second-order valence-corrected chi connectivity index (χ2v) is 7.89. The van der Waals surface area contributed by atoms with Gasteiger partial charge >= 0.3 is 0 Å². The van der Waals surface area contributed by atoms with Crippen LogP contribution < -0.4 is 10.5 Å². The predicted molar refractivity (Wildman–Crippen MR) is 101 cm³/mol. The molecule has 6 nitrogen and oxygen atoms in total. The molecule has 0 bridgehead atoms.